The molecule has 110 valence electrons. The molecular formula is C12H17ClN4O2S. The average molecular weight is 317 g/mol. The van der Waals surface area contributed by atoms with Crippen molar-refractivity contribution in [3.05, 3.63) is 11.2 Å². The van der Waals surface area contributed by atoms with E-state index in [0.29, 0.717) is 23.7 Å². The molecule has 1 unspecified atom stereocenters. The molecule has 0 amide bonds. The maximum atomic E-state index is 11.6. The molecular weight excluding hydrogens is 300 g/mol. The Morgan fingerprint density at radius 1 is 1.30 bits per heavy atom. The SMILES string of the molecule is CS(=O)(=O)c1cc(NC2C[C@H]3CNC[C@H]3C2)nnc1Cl. The molecule has 8 heteroatoms. The molecule has 2 N–H and O–H groups in total. The Morgan fingerprint density at radius 3 is 2.55 bits per heavy atom. The van der Waals surface area contributed by atoms with Crippen LogP contribution >= 0.6 is 11.6 Å². The predicted octanol–water partition coefficient (Wildman–Crippen LogP) is 0.943. The summed E-state index contributed by atoms with van der Waals surface area (Å²) < 4.78 is 23.2. The first-order valence-electron chi connectivity index (χ1n) is 6.64. The number of fused-ring (bicyclic) bond motifs is 1. The topological polar surface area (TPSA) is 84.0 Å². The summed E-state index contributed by atoms with van der Waals surface area (Å²) in [6.07, 6.45) is 3.28. The van der Waals surface area contributed by atoms with E-state index in [9.17, 15) is 8.42 Å². The second kappa shape index (κ2) is 5.13. The van der Waals surface area contributed by atoms with Gasteiger partial charge in [0.15, 0.2) is 15.0 Å². The van der Waals surface area contributed by atoms with Gasteiger partial charge in [0.05, 0.1) is 0 Å². The number of aromatic nitrogens is 2. The second-order valence-electron chi connectivity index (χ2n) is 5.65. The van der Waals surface area contributed by atoms with E-state index in [1.807, 2.05) is 0 Å². The Hall–Kier alpha value is -0.920. The number of nitrogens with one attached hydrogen (secondary N) is 2. The highest BCUT2D eigenvalue weighted by Gasteiger charge is 2.37. The Labute approximate surface area is 123 Å². The molecule has 0 bridgehead atoms. The standard InChI is InChI=1S/C12H17ClN4O2S/c1-20(18,19)10-4-11(16-17-12(10)13)15-9-2-7-5-14-6-8(7)3-9/h4,7-9,14H,2-3,5-6H2,1H3,(H,15,16)/t7-,8+,9?. The maximum absolute atomic E-state index is 11.6. The van der Waals surface area contributed by atoms with Crippen LogP contribution in [0.3, 0.4) is 0 Å². The van der Waals surface area contributed by atoms with Crippen molar-refractivity contribution in [1.82, 2.24) is 15.5 Å². The van der Waals surface area contributed by atoms with Crippen LogP contribution in [0.15, 0.2) is 11.0 Å². The van der Waals surface area contributed by atoms with E-state index in [-0.39, 0.29) is 10.0 Å². The van der Waals surface area contributed by atoms with Gasteiger partial charge in [-0.25, -0.2) is 8.42 Å². The minimum absolute atomic E-state index is 0.0246. The van der Waals surface area contributed by atoms with Gasteiger partial charge in [0.1, 0.15) is 10.7 Å². The number of halogens is 1. The first-order valence-corrected chi connectivity index (χ1v) is 8.91. The van der Waals surface area contributed by atoms with Crippen LogP contribution in [0.5, 0.6) is 0 Å². The average Bonchev–Trinajstić information content (AvgIpc) is 2.90. The van der Waals surface area contributed by atoms with Gasteiger partial charge < -0.3 is 10.6 Å². The summed E-state index contributed by atoms with van der Waals surface area (Å²) >= 11 is 5.79. The third-order valence-corrected chi connectivity index (χ3v) is 5.62. The van der Waals surface area contributed by atoms with Crippen molar-refractivity contribution < 1.29 is 8.42 Å². The molecule has 20 heavy (non-hydrogen) atoms. The van der Waals surface area contributed by atoms with Crippen LogP contribution in [0.2, 0.25) is 5.15 Å². The maximum Gasteiger partial charge on any atom is 0.178 e. The van der Waals surface area contributed by atoms with E-state index >= 15 is 0 Å². The third-order valence-electron chi connectivity index (χ3n) is 4.12. The highest BCUT2D eigenvalue weighted by molar-refractivity contribution is 7.90. The summed E-state index contributed by atoms with van der Waals surface area (Å²) in [6.45, 7) is 2.15. The zero-order valence-electron chi connectivity index (χ0n) is 11.1. The Kier molecular flexibility index (Phi) is 3.60. The van der Waals surface area contributed by atoms with Gasteiger partial charge in [-0.2, -0.15) is 0 Å². The lowest BCUT2D eigenvalue weighted by Crippen LogP contribution is -2.21. The molecule has 1 aliphatic heterocycles. The number of rotatable bonds is 3. The minimum atomic E-state index is -3.39. The van der Waals surface area contributed by atoms with Gasteiger partial charge in [-0.3, -0.25) is 0 Å². The molecule has 3 rings (SSSR count). The number of nitrogens with zero attached hydrogens (tertiary/aromatic N) is 2. The lowest BCUT2D eigenvalue weighted by Gasteiger charge is -2.14. The van der Waals surface area contributed by atoms with Gasteiger partial charge in [0.25, 0.3) is 0 Å². The molecule has 2 heterocycles. The molecule has 1 aromatic heterocycles. The quantitative estimate of drug-likeness (QED) is 0.863. The van der Waals surface area contributed by atoms with Crippen molar-refractivity contribution in [1.29, 1.82) is 0 Å². The van der Waals surface area contributed by atoms with Crippen molar-refractivity contribution in [2.45, 2.75) is 23.8 Å². The highest BCUT2D eigenvalue weighted by Crippen LogP contribution is 2.35. The fourth-order valence-electron chi connectivity index (χ4n) is 3.18. The monoisotopic (exact) mass is 316 g/mol. The van der Waals surface area contributed by atoms with Gasteiger partial charge in [-0.05, 0) is 37.8 Å². The summed E-state index contributed by atoms with van der Waals surface area (Å²) in [5, 5.41) is 14.3. The van der Waals surface area contributed by atoms with Gasteiger partial charge in [0.2, 0.25) is 0 Å². The van der Waals surface area contributed by atoms with Crippen LogP contribution in [-0.2, 0) is 9.84 Å². The molecule has 0 spiro atoms. The number of anilines is 1. The van der Waals surface area contributed by atoms with Gasteiger partial charge in [-0.1, -0.05) is 11.6 Å². The zero-order valence-corrected chi connectivity index (χ0v) is 12.7. The Balaban J connectivity index is 1.75. The van der Waals surface area contributed by atoms with Crippen LogP contribution < -0.4 is 10.6 Å². The zero-order chi connectivity index (χ0) is 14.3. The van der Waals surface area contributed by atoms with Crippen molar-refractivity contribution in [3.63, 3.8) is 0 Å². The molecule has 0 radical (unpaired) electrons. The van der Waals surface area contributed by atoms with E-state index in [2.05, 4.69) is 20.8 Å². The molecule has 1 saturated heterocycles. The smallest absolute Gasteiger partial charge is 0.178 e. The lowest BCUT2D eigenvalue weighted by molar-refractivity contribution is 0.494. The first kappa shape index (κ1) is 14.0. The van der Waals surface area contributed by atoms with Crippen molar-refractivity contribution in [3.8, 4) is 0 Å². The fourth-order valence-corrected chi connectivity index (χ4v) is 4.37. The van der Waals surface area contributed by atoms with Crippen LogP contribution in [-0.4, -0.2) is 44.0 Å². The molecule has 0 aromatic carbocycles. The van der Waals surface area contributed by atoms with E-state index in [1.54, 1.807) is 0 Å². The van der Waals surface area contributed by atoms with E-state index in [0.717, 1.165) is 32.2 Å². The summed E-state index contributed by atoms with van der Waals surface area (Å²) in [5.74, 6) is 1.90. The molecule has 2 fully saturated rings. The molecule has 6 nitrogen and oxygen atoms in total. The minimum Gasteiger partial charge on any atom is -0.366 e. The van der Waals surface area contributed by atoms with E-state index < -0.39 is 9.84 Å². The van der Waals surface area contributed by atoms with Crippen LogP contribution in [0.25, 0.3) is 0 Å². The Bertz CT molecular complexity index is 610. The fraction of sp³-hybridized carbons (Fsp3) is 0.667. The van der Waals surface area contributed by atoms with Gasteiger partial charge >= 0.3 is 0 Å². The summed E-state index contributed by atoms with van der Waals surface area (Å²) in [5.41, 5.74) is 0. The van der Waals surface area contributed by atoms with E-state index in [1.165, 1.54) is 6.07 Å². The predicted molar refractivity (Wildman–Crippen MR) is 76.6 cm³/mol. The molecule has 1 aliphatic carbocycles. The largest absolute Gasteiger partial charge is 0.366 e. The molecule has 1 aromatic rings. The van der Waals surface area contributed by atoms with Crippen LogP contribution in [0.1, 0.15) is 12.8 Å². The molecule has 3 atom stereocenters. The van der Waals surface area contributed by atoms with E-state index in [4.69, 9.17) is 11.6 Å². The van der Waals surface area contributed by atoms with Gasteiger partial charge in [0, 0.05) is 18.4 Å². The van der Waals surface area contributed by atoms with Crippen molar-refractivity contribution >= 4 is 27.3 Å². The van der Waals surface area contributed by atoms with Crippen molar-refractivity contribution in [2.24, 2.45) is 11.8 Å². The highest BCUT2D eigenvalue weighted by atomic mass is 35.5. The Morgan fingerprint density at radius 2 is 1.95 bits per heavy atom. The third kappa shape index (κ3) is 2.75. The second-order valence-corrected chi connectivity index (χ2v) is 7.99. The molecule has 2 aliphatic rings. The number of sulfone groups is 1. The van der Waals surface area contributed by atoms with Crippen LogP contribution in [0, 0.1) is 11.8 Å². The lowest BCUT2D eigenvalue weighted by atomic mass is 10.0. The normalized spacial score (nSPS) is 29.4. The van der Waals surface area contributed by atoms with Crippen molar-refractivity contribution in [2.75, 3.05) is 24.7 Å². The summed E-state index contributed by atoms with van der Waals surface area (Å²) in [4.78, 5) is 0.0246. The number of hydrogen-bond donors (Lipinski definition) is 2. The summed E-state index contributed by atoms with van der Waals surface area (Å²) in [6, 6.07) is 1.80. The summed E-state index contributed by atoms with van der Waals surface area (Å²) in [7, 11) is -3.39. The first-order chi connectivity index (χ1) is 9.43. The van der Waals surface area contributed by atoms with Crippen LogP contribution in [0.4, 0.5) is 5.82 Å². The van der Waals surface area contributed by atoms with Gasteiger partial charge in [-0.15, -0.1) is 10.2 Å². The number of hydrogen-bond acceptors (Lipinski definition) is 6. The molecule has 1 saturated carbocycles.